The number of rotatable bonds is 7. The van der Waals surface area contributed by atoms with Crippen LogP contribution in [0.4, 0.5) is 17.5 Å². The summed E-state index contributed by atoms with van der Waals surface area (Å²) in [4.78, 5) is 8.65. The lowest BCUT2D eigenvalue weighted by molar-refractivity contribution is 0.395. The standard InChI is InChI=1S/C17H18N4O3/c1-22-12-5-6-14(15(10-12)23-2)20-17-18-8-7-16(21-17)19-11-13-4-3-9-24-13/h3-10H,11H2,1-2H3,(H2,18,19,20,21). The average Bonchev–Trinajstić information content (AvgIpc) is 3.14. The van der Waals surface area contributed by atoms with Crippen LogP contribution < -0.4 is 20.1 Å². The lowest BCUT2D eigenvalue weighted by Crippen LogP contribution is -2.04. The van der Waals surface area contributed by atoms with Crippen LogP contribution in [0.5, 0.6) is 11.5 Å². The molecule has 2 N–H and O–H groups in total. The van der Waals surface area contributed by atoms with E-state index >= 15 is 0 Å². The van der Waals surface area contributed by atoms with Crippen LogP contribution in [0.15, 0.2) is 53.3 Å². The number of furan rings is 1. The Kier molecular flexibility index (Phi) is 4.81. The highest BCUT2D eigenvalue weighted by molar-refractivity contribution is 5.64. The molecule has 0 saturated carbocycles. The molecule has 3 rings (SSSR count). The number of nitrogens with zero attached hydrogens (tertiary/aromatic N) is 2. The Morgan fingerprint density at radius 2 is 2.04 bits per heavy atom. The molecule has 0 radical (unpaired) electrons. The van der Waals surface area contributed by atoms with Crippen LogP contribution in [0.25, 0.3) is 0 Å². The number of methoxy groups -OCH3 is 2. The molecular weight excluding hydrogens is 308 g/mol. The van der Waals surface area contributed by atoms with Gasteiger partial charge in [-0.1, -0.05) is 0 Å². The third-order valence-electron chi connectivity index (χ3n) is 3.33. The van der Waals surface area contributed by atoms with Gasteiger partial charge in [0.25, 0.3) is 0 Å². The summed E-state index contributed by atoms with van der Waals surface area (Å²) in [6.07, 6.45) is 3.32. The largest absolute Gasteiger partial charge is 0.497 e. The summed E-state index contributed by atoms with van der Waals surface area (Å²) in [6, 6.07) is 11.0. The van der Waals surface area contributed by atoms with E-state index in [0.717, 1.165) is 11.4 Å². The minimum absolute atomic E-state index is 0.461. The molecule has 0 atom stereocenters. The van der Waals surface area contributed by atoms with Crippen LogP contribution in [0.2, 0.25) is 0 Å². The Bertz CT molecular complexity index is 790. The number of benzene rings is 1. The van der Waals surface area contributed by atoms with E-state index in [-0.39, 0.29) is 0 Å². The van der Waals surface area contributed by atoms with Gasteiger partial charge >= 0.3 is 0 Å². The van der Waals surface area contributed by atoms with E-state index in [1.165, 1.54) is 0 Å². The van der Waals surface area contributed by atoms with E-state index in [1.54, 1.807) is 38.8 Å². The number of anilines is 3. The van der Waals surface area contributed by atoms with Crippen molar-refractivity contribution in [1.82, 2.24) is 9.97 Å². The number of hydrogen-bond donors (Lipinski definition) is 2. The molecule has 7 heteroatoms. The molecular formula is C17H18N4O3. The molecule has 0 unspecified atom stereocenters. The molecule has 0 amide bonds. The molecule has 2 aromatic heterocycles. The van der Waals surface area contributed by atoms with Crippen molar-refractivity contribution in [2.24, 2.45) is 0 Å². The maximum Gasteiger partial charge on any atom is 0.229 e. The van der Waals surface area contributed by atoms with E-state index in [1.807, 2.05) is 24.3 Å². The van der Waals surface area contributed by atoms with Crippen LogP contribution >= 0.6 is 0 Å². The highest BCUT2D eigenvalue weighted by atomic mass is 16.5. The first-order valence-electron chi connectivity index (χ1n) is 7.37. The SMILES string of the molecule is COc1ccc(Nc2nccc(NCc3ccco3)n2)c(OC)c1. The van der Waals surface area contributed by atoms with Crippen molar-refractivity contribution in [2.75, 3.05) is 24.9 Å². The Labute approximate surface area is 139 Å². The van der Waals surface area contributed by atoms with Crippen LogP contribution in [0.3, 0.4) is 0 Å². The molecule has 1 aromatic carbocycles. The first kappa shape index (κ1) is 15.7. The van der Waals surface area contributed by atoms with Crippen molar-refractivity contribution in [1.29, 1.82) is 0 Å². The van der Waals surface area contributed by atoms with Gasteiger partial charge in [0.1, 0.15) is 23.1 Å². The second-order valence-corrected chi connectivity index (χ2v) is 4.89. The van der Waals surface area contributed by atoms with Gasteiger partial charge in [0.15, 0.2) is 0 Å². The molecule has 7 nitrogen and oxygen atoms in total. The van der Waals surface area contributed by atoms with E-state index < -0.39 is 0 Å². The van der Waals surface area contributed by atoms with Gasteiger partial charge in [-0.25, -0.2) is 4.98 Å². The Morgan fingerprint density at radius 1 is 1.12 bits per heavy atom. The topological polar surface area (TPSA) is 81.4 Å². The van der Waals surface area contributed by atoms with Crippen LogP contribution in [-0.2, 0) is 6.54 Å². The maximum absolute atomic E-state index is 5.36. The fourth-order valence-electron chi connectivity index (χ4n) is 2.13. The van der Waals surface area contributed by atoms with Crippen molar-refractivity contribution in [3.8, 4) is 11.5 Å². The van der Waals surface area contributed by atoms with Crippen molar-refractivity contribution >= 4 is 17.5 Å². The fourth-order valence-corrected chi connectivity index (χ4v) is 2.13. The second kappa shape index (κ2) is 7.36. The Morgan fingerprint density at radius 3 is 2.79 bits per heavy atom. The molecule has 2 heterocycles. The first-order chi connectivity index (χ1) is 11.8. The van der Waals surface area contributed by atoms with E-state index in [2.05, 4.69) is 20.6 Å². The predicted octanol–water partition coefficient (Wildman–Crippen LogP) is 3.44. The normalized spacial score (nSPS) is 10.2. The smallest absolute Gasteiger partial charge is 0.229 e. The van der Waals surface area contributed by atoms with Crippen molar-refractivity contribution in [3.05, 3.63) is 54.6 Å². The lowest BCUT2D eigenvalue weighted by atomic mass is 10.2. The molecule has 0 aliphatic carbocycles. The summed E-state index contributed by atoms with van der Waals surface area (Å²) in [5, 5.41) is 6.33. The highest BCUT2D eigenvalue weighted by Gasteiger charge is 2.07. The van der Waals surface area contributed by atoms with Crippen LogP contribution in [0, 0.1) is 0 Å². The van der Waals surface area contributed by atoms with Crippen molar-refractivity contribution < 1.29 is 13.9 Å². The summed E-state index contributed by atoms with van der Waals surface area (Å²) in [6.45, 7) is 0.551. The summed E-state index contributed by atoms with van der Waals surface area (Å²) >= 11 is 0. The molecule has 3 aromatic rings. The molecule has 0 bridgehead atoms. The maximum atomic E-state index is 5.36. The quantitative estimate of drug-likeness (QED) is 0.688. The summed E-state index contributed by atoms with van der Waals surface area (Å²) in [5.74, 6) is 3.35. The van der Waals surface area contributed by atoms with Gasteiger partial charge in [-0.05, 0) is 30.3 Å². The van der Waals surface area contributed by atoms with Crippen LogP contribution in [-0.4, -0.2) is 24.2 Å². The van der Waals surface area contributed by atoms with Gasteiger partial charge in [-0.2, -0.15) is 4.98 Å². The van der Waals surface area contributed by atoms with Crippen molar-refractivity contribution in [3.63, 3.8) is 0 Å². The molecule has 0 spiro atoms. The van der Waals surface area contributed by atoms with E-state index in [9.17, 15) is 0 Å². The third-order valence-corrected chi connectivity index (χ3v) is 3.33. The second-order valence-electron chi connectivity index (χ2n) is 4.89. The lowest BCUT2D eigenvalue weighted by Gasteiger charge is -2.12. The van der Waals surface area contributed by atoms with E-state index in [4.69, 9.17) is 13.9 Å². The van der Waals surface area contributed by atoms with E-state index in [0.29, 0.717) is 29.8 Å². The number of ether oxygens (including phenoxy) is 2. The molecule has 0 saturated heterocycles. The van der Waals surface area contributed by atoms with Gasteiger partial charge in [0.2, 0.25) is 5.95 Å². The molecule has 0 aliphatic heterocycles. The zero-order valence-corrected chi connectivity index (χ0v) is 13.4. The predicted molar refractivity (Wildman–Crippen MR) is 90.9 cm³/mol. The molecule has 124 valence electrons. The first-order valence-corrected chi connectivity index (χ1v) is 7.37. The molecule has 0 aliphatic rings. The number of aromatic nitrogens is 2. The van der Waals surface area contributed by atoms with Gasteiger partial charge in [0.05, 0.1) is 32.7 Å². The number of hydrogen-bond acceptors (Lipinski definition) is 7. The third kappa shape index (κ3) is 3.75. The van der Waals surface area contributed by atoms with Crippen LogP contribution in [0.1, 0.15) is 5.76 Å². The highest BCUT2D eigenvalue weighted by Crippen LogP contribution is 2.30. The van der Waals surface area contributed by atoms with Gasteiger partial charge in [-0.3, -0.25) is 0 Å². The summed E-state index contributed by atoms with van der Waals surface area (Å²) in [7, 11) is 3.21. The average molecular weight is 326 g/mol. The summed E-state index contributed by atoms with van der Waals surface area (Å²) < 4.78 is 15.8. The van der Waals surface area contributed by atoms with Crippen molar-refractivity contribution in [2.45, 2.75) is 6.54 Å². The number of nitrogens with one attached hydrogen (secondary N) is 2. The molecule has 24 heavy (non-hydrogen) atoms. The molecule has 0 fully saturated rings. The minimum atomic E-state index is 0.461. The van der Waals surface area contributed by atoms with Gasteiger partial charge in [0, 0.05) is 12.3 Å². The zero-order valence-electron chi connectivity index (χ0n) is 13.4. The zero-order chi connectivity index (χ0) is 16.8. The Balaban J connectivity index is 1.72. The Hall–Kier alpha value is -3.22. The monoisotopic (exact) mass is 326 g/mol. The minimum Gasteiger partial charge on any atom is -0.497 e. The summed E-state index contributed by atoms with van der Waals surface area (Å²) in [5.41, 5.74) is 0.751. The van der Waals surface area contributed by atoms with Gasteiger partial charge in [-0.15, -0.1) is 0 Å². The fraction of sp³-hybridized carbons (Fsp3) is 0.176. The van der Waals surface area contributed by atoms with Gasteiger partial charge < -0.3 is 24.5 Å².